The molecule has 0 radical (unpaired) electrons. The van der Waals surface area contributed by atoms with Crippen LogP contribution in [0.4, 0.5) is 0 Å². The van der Waals surface area contributed by atoms with Gasteiger partial charge in [0.05, 0.1) is 16.9 Å². The highest BCUT2D eigenvalue weighted by molar-refractivity contribution is 5.89. The highest BCUT2D eigenvalue weighted by Crippen LogP contribution is 2.35. The van der Waals surface area contributed by atoms with Crippen molar-refractivity contribution in [2.24, 2.45) is 0 Å². The van der Waals surface area contributed by atoms with Crippen LogP contribution in [0.5, 0.6) is 0 Å². The number of rotatable bonds is 6. The second-order valence-electron chi connectivity index (χ2n) is 7.21. The lowest BCUT2D eigenvalue weighted by Gasteiger charge is -2.20. The van der Waals surface area contributed by atoms with Crippen molar-refractivity contribution < 1.29 is 0 Å². The van der Waals surface area contributed by atoms with Gasteiger partial charge in [-0.1, -0.05) is 93.4 Å². The maximum absolute atomic E-state index is 2.50. The van der Waals surface area contributed by atoms with Gasteiger partial charge in [-0.15, -0.1) is 0 Å². The summed E-state index contributed by atoms with van der Waals surface area (Å²) in [6.07, 6.45) is 4.52. The van der Waals surface area contributed by atoms with Gasteiger partial charge < -0.3 is 4.57 Å². The van der Waals surface area contributed by atoms with Crippen molar-refractivity contribution in [2.45, 2.75) is 39.5 Å². The Kier molecular flexibility index (Phi) is 5.11. The summed E-state index contributed by atoms with van der Waals surface area (Å²) >= 11 is 0. The van der Waals surface area contributed by atoms with Crippen LogP contribution in [0, 0.1) is 0 Å². The largest absolute Gasteiger partial charge is 0.309 e. The van der Waals surface area contributed by atoms with Gasteiger partial charge in [0.15, 0.2) is 0 Å². The molecule has 0 aliphatic rings. The molecule has 0 saturated heterocycles. The van der Waals surface area contributed by atoms with Crippen molar-refractivity contribution in [3.05, 3.63) is 90.0 Å². The van der Waals surface area contributed by atoms with Crippen molar-refractivity contribution in [3.63, 3.8) is 0 Å². The number of para-hydroxylation sites is 2. The Labute approximate surface area is 162 Å². The maximum Gasteiger partial charge on any atom is 0.0541 e. The third kappa shape index (κ3) is 3.30. The smallest absolute Gasteiger partial charge is 0.0541 e. The molecule has 0 unspecified atom stereocenters. The molecule has 0 spiro atoms. The van der Waals surface area contributed by atoms with E-state index in [4.69, 9.17) is 0 Å². The molecule has 0 fully saturated rings. The maximum atomic E-state index is 2.50. The van der Waals surface area contributed by atoms with Gasteiger partial charge in [-0.2, -0.15) is 0 Å². The molecular formula is C26H27N. The fraction of sp³-hybridized carbons (Fsp3) is 0.231. The first-order chi connectivity index (χ1) is 13.3. The van der Waals surface area contributed by atoms with Gasteiger partial charge in [-0.05, 0) is 41.7 Å². The van der Waals surface area contributed by atoms with Crippen molar-refractivity contribution in [1.29, 1.82) is 0 Å². The van der Waals surface area contributed by atoms with Gasteiger partial charge in [0.1, 0.15) is 0 Å². The molecule has 1 heteroatoms. The lowest BCUT2D eigenvalue weighted by atomic mass is 9.99. The first kappa shape index (κ1) is 17.6. The van der Waals surface area contributed by atoms with Crippen LogP contribution in [0.25, 0.3) is 27.8 Å². The predicted octanol–water partition coefficient (Wildman–Crippen LogP) is 7.20. The molecule has 136 valence electrons. The van der Waals surface area contributed by atoms with Gasteiger partial charge in [-0.3, -0.25) is 0 Å². The number of aryl methyl sites for hydroxylation is 2. The number of benzene rings is 3. The SMILES string of the molecule is CCCc1cccc(CCC)c1-n1c(-c2ccccc2)cc2ccccc21. The lowest BCUT2D eigenvalue weighted by molar-refractivity contribution is 0.871. The summed E-state index contributed by atoms with van der Waals surface area (Å²) in [4.78, 5) is 0. The van der Waals surface area contributed by atoms with E-state index >= 15 is 0 Å². The Morgan fingerprint density at radius 3 is 1.96 bits per heavy atom. The number of hydrogen-bond donors (Lipinski definition) is 0. The molecule has 0 aliphatic heterocycles. The van der Waals surface area contributed by atoms with E-state index in [2.05, 4.69) is 97.3 Å². The number of fused-ring (bicyclic) bond motifs is 1. The fourth-order valence-corrected chi connectivity index (χ4v) is 4.09. The second kappa shape index (κ2) is 7.84. The third-order valence-corrected chi connectivity index (χ3v) is 5.25. The minimum atomic E-state index is 1.10. The minimum Gasteiger partial charge on any atom is -0.309 e. The molecular weight excluding hydrogens is 326 g/mol. The molecule has 4 aromatic rings. The van der Waals surface area contributed by atoms with E-state index in [0.29, 0.717) is 0 Å². The quantitative estimate of drug-likeness (QED) is 0.345. The van der Waals surface area contributed by atoms with Gasteiger partial charge in [0, 0.05) is 5.39 Å². The van der Waals surface area contributed by atoms with Crippen molar-refractivity contribution in [3.8, 4) is 16.9 Å². The molecule has 0 saturated carbocycles. The highest BCUT2D eigenvalue weighted by Gasteiger charge is 2.17. The second-order valence-corrected chi connectivity index (χ2v) is 7.21. The van der Waals surface area contributed by atoms with E-state index in [1.807, 2.05) is 0 Å². The Hall–Kier alpha value is -2.80. The minimum absolute atomic E-state index is 1.10. The van der Waals surface area contributed by atoms with Gasteiger partial charge in [0.2, 0.25) is 0 Å². The van der Waals surface area contributed by atoms with Crippen LogP contribution >= 0.6 is 0 Å². The Morgan fingerprint density at radius 2 is 1.30 bits per heavy atom. The van der Waals surface area contributed by atoms with E-state index in [1.165, 1.54) is 39.0 Å². The fourth-order valence-electron chi connectivity index (χ4n) is 4.09. The first-order valence-corrected chi connectivity index (χ1v) is 10.1. The van der Waals surface area contributed by atoms with E-state index < -0.39 is 0 Å². The summed E-state index contributed by atoms with van der Waals surface area (Å²) < 4.78 is 2.50. The van der Waals surface area contributed by atoms with E-state index in [9.17, 15) is 0 Å². The molecule has 0 N–H and O–H groups in total. The molecule has 3 aromatic carbocycles. The zero-order chi connectivity index (χ0) is 18.6. The topological polar surface area (TPSA) is 4.93 Å². The lowest BCUT2D eigenvalue weighted by Crippen LogP contribution is -2.06. The average molecular weight is 354 g/mol. The molecule has 1 heterocycles. The van der Waals surface area contributed by atoms with Crippen LogP contribution in [-0.4, -0.2) is 4.57 Å². The van der Waals surface area contributed by atoms with Crippen LogP contribution in [0.2, 0.25) is 0 Å². The van der Waals surface area contributed by atoms with Gasteiger partial charge >= 0.3 is 0 Å². The molecule has 1 nitrogen and oxygen atoms in total. The zero-order valence-electron chi connectivity index (χ0n) is 16.3. The monoisotopic (exact) mass is 353 g/mol. The average Bonchev–Trinajstić information content (AvgIpc) is 3.09. The standard InChI is InChI=1S/C26H27N/c1-3-11-21-16-10-17-22(12-4-2)26(21)27-24-18-9-8-15-23(24)19-25(27)20-13-6-5-7-14-20/h5-10,13-19H,3-4,11-12H2,1-2H3. The molecule has 1 aromatic heterocycles. The summed E-state index contributed by atoms with van der Waals surface area (Å²) in [6, 6.07) is 28.7. The third-order valence-electron chi connectivity index (χ3n) is 5.25. The first-order valence-electron chi connectivity index (χ1n) is 10.1. The van der Waals surface area contributed by atoms with E-state index in [1.54, 1.807) is 0 Å². The number of hydrogen-bond acceptors (Lipinski definition) is 0. The summed E-state index contributed by atoms with van der Waals surface area (Å²) in [5.41, 5.74) is 8.11. The Bertz CT molecular complexity index is 1020. The molecule has 4 rings (SSSR count). The normalized spacial score (nSPS) is 11.2. The van der Waals surface area contributed by atoms with Crippen LogP contribution in [0.3, 0.4) is 0 Å². The van der Waals surface area contributed by atoms with Crippen LogP contribution in [0.15, 0.2) is 78.9 Å². The molecule has 0 amide bonds. The Morgan fingerprint density at radius 1 is 0.667 bits per heavy atom. The Balaban J connectivity index is 2.07. The summed E-state index contributed by atoms with van der Waals surface area (Å²) in [5, 5.41) is 1.30. The van der Waals surface area contributed by atoms with Gasteiger partial charge in [0.25, 0.3) is 0 Å². The predicted molar refractivity (Wildman–Crippen MR) is 117 cm³/mol. The highest BCUT2D eigenvalue weighted by atomic mass is 15.0. The van der Waals surface area contributed by atoms with Crippen LogP contribution in [-0.2, 0) is 12.8 Å². The van der Waals surface area contributed by atoms with Crippen molar-refractivity contribution in [2.75, 3.05) is 0 Å². The van der Waals surface area contributed by atoms with Gasteiger partial charge in [-0.25, -0.2) is 0 Å². The zero-order valence-corrected chi connectivity index (χ0v) is 16.3. The van der Waals surface area contributed by atoms with E-state index in [-0.39, 0.29) is 0 Å². The van der Waals surface area contributed by atoms with Crippen molar-refractivity contribution in [1.82, 2.24) is 4.57 Å². The number of aromatic nitrogens is 1. The summed E-state index contributed by atoms with van der Waals surface area (Å²) in [5.74, 6) is 0. The van der Waals surface area contributed by atoms with Crippen molar-refractivity contribution >= 4 is 10.9 Å². The van der Waals surface area contributed by atoms with Crippen LogP contribution < -0.4 is 0 Å². The molecule has 0 atom stereocenters. The molecule has 27 heavy (non-hydrogen) atoms. The van der Waals surface area contributed by atoms with Crippen LogP contribution in [0.1, 0.15) is 37.8 Å². The molecule has 0 bridgehead atoms. The summed E-state index contributed by atoms with van der Waals surface area (Å²) in [6.45, 7) is 4.53. The summed E-state index contributed by atoms with van der Waals surface area (Å²) in [7, 11) is 0. The number of nitrogens with zero attached hydrogens (tertiary/aromatic N) is 1. The molecule has 0 aliphatic carbocycles. The van der Waals surface area contributed by atoms with E-state index in [0.717, 1.165) is 25.7 Å².